The molecule has 2 saturated carbocycles. The molecule has 0 spiro atoms. The van der Waals surface area contributed by atoms with Crippen molar-refractivity contribution >= 4 is 0 Å². The van der Waals surface area contributed by atoms with E-state index in [0.717, 1.165) is 30.2 Å². The number of hydrogen-bond donors (Lipinski definition) is 1. The highest BCUT2D eigenvalue weighted by Crippen LogP contribution is 2.58. The van der Waals surface area contributed by atoms with E-state index < -0.39 is 0 Å². The lowest BCUT2D eigenvalue weighted by molar-refractivity contribution is 0.572. The van der Waals surface area contributed by atoms with Gasteiger partial charge < -0.3 is 5.73 Å². The first kappa shape index (κ1) is 6.66. The second-order valence-electron chi connectivity index (χ2n) is 4.11. The molecule has 1 heteroatoms. The normalized spacial score (nSPS) is 51.0. The van der Waals surface area contributed by atoms with Crippen molar-refractivity contribution in [2.75, 3.05) is 6.54 Å². The summed E-state index contributed by atoms with van der Waals surface area (Å²) >= 11 is 0. The van der Waals surface area contributed by atoms with Gasteiger partial charge in [0, 0.05) is 0 Å². The van der Waals surface area contributed by atoms with Crippen LogP contribution in [0.15, 0.2) is 0 Å². The molecule has 0 amide bonds. The van der Waals surface area contributed by atoms with Gasteiger partial charge in [-0.25, -0.2) is 0 Å². The minimum absolute atomic E-state index is 0.905. The summed E-state index contributed by atoms with van der Waals surface area (Å²) in [5.41, 5.74) is 5.49. The lowest BCUT2D eigenvalue weighted by Gasteiger charge is -1.93. The van der Waals surface area contributed by atoms with E-state index in [1.807, 2.05) is 0 Å². The lowest BCUT2D eigenvalue weighted by Crippen LogP contribution is -2.00. The van der Waals surface area contributed by atoms with Crippen LogP contribution in [0.4, 0.5) is 0 Å². The molecule has 1 nitrogen and oxygen atoms in total. The highest BCUT2D eigenvalue weighted by molar-refractivity contribution is 5.00. The standard InChI is InChI=1S/C9H17N/c1-6-4-8(6)9-5-7(9)2-3-10/h6-9H,2-5,10H2,1H3/t6?,7?,8?,9-/m1/s1. The van der Waals surface area contributed by atoms with Gasteiger partial charge in [0.1, 0.15) is 0 Å². The zero-order valence-electron chi connectivity index (χ0n) is 6.72. The molecule has 58 valence electrons. The summed E-state index contributed by atoms with van der Waals surface area (Å²) in [6.45, 7) is 3.28. The topological polar surface area (TPSA) is 26.0 Å². The monoisotopic (exact) mass is 139 g/mol. The van der Waals surface area contributed by atoms with Crippen LogP contribution in [0.5, 0.6) is 0 Å². The van der Waals surface area contributed by atoms with Crippen molar-refractivity contribution in [2.45, 2.75) is 26.2 Å². The molecule has 0 saturated heterocycles. The van der Waals surface area contributed by atoms with E-state index in [-0.39, 0.29) is 0 Å². The molecule has 2 N–H and O–H groups in total. The molecule has 0 aromatic heterocycles. The molecule has 0 aromatic rings. The molecule has 0 heterocycles. The third-order valence-electron chi connectivity index (χ3n) is 3.24. The Morgan fingerprint density at radius 1 is 1.30 bits per heavy atom. The second-order valence-corrected chi connectivity index (χ2v) is 4.11. The van der Waals surface area contributed by atoms with E-state index in [9.17, 15) is 0 Å². The number of rotatable bonds is 3. The third kappa shape index (κ3) is 1.07. The van der Waals surface area contributed by atoms with Crippen LogP contribution in [-0.4, -0.2) is 6.54 Å². The van der Waals surface area contributed by atoms with Gasteiger partial charge in [0.25, 0.3) is 0 Å². The van der Waals surface area contributed by atoms with E-state index in [1.165, 1.54) is 19.3 Å². The zero-order valence-corrected chi connectivity index (χ0v) is 6.72. The molecule has 2 aliphatic rings. The van der Waals surface area contributed by atoms with Crippen LogP contribution in [0.1, 0.15) is 26.2 Å². The van der Waals surface area contributed by atoms with E-state index in [4.69, 9.17) is 5.73 Å². The largest absolute Gasteiger partial charge is 0.330 e. The van der Waals surface area contributed by atoms with Crippen molar-refractivity contribution in [3.05, 3.63) is 0 Å². The smallest absolute Gasteiger partial charge is 0.00745 e. The SMILES string of the molecule is CC1CC1[C@@H]1CC1CCN. The molecule has 10 heavy (non-hydrogen) atoms. The van der Waals surface area contributed by atoms with Crippen LogP contribution in [0.2, 0.25) is 0 Å². The van der Waals surface area contributed by atoms with Crippen molar-refractivity contribution in [3.63, 3.8) is 0 Å². The highest BCUT2D eigenvalue weighted by Gasteiger charge is 2.50. The second kappa shape index (κ2) is 2.23. The maximum Gasteiger partial charge on any atom is -0.00745 e. The summed E-state index contributed by atoms with van der Waals surface area (Å²) in [6, 6.07) is 0. The Hall–Kier alpha value is -0.0400. The summed E-state index contributed by atoms with van der Waals surface area (Å²) in [4.78, 5) is 0. The summed E-state index contributed by atoms with van der Waals surface area (Å²) < 4.78 is 0. The van der Waals surface area contributed by atoms with Crippen LogP contribution < -0.4 is 5.73 Å². The van der Waals surface area contributed by atoms with Gasteiger partial charge in [0.2, 0.25) is 0 Å². The molecule has 3 unspecified atom stereocenters. The van der Waals surface area contributed by atoms with Crippen molar-refractivity contribution in [1.82, 2.24) is 0 Å². The molecular formula is C9H17N. The van der Waals surface area contributed by atoms with Crippen molar-refractivity contribution in [1.29, 1.82) is 0 Å². The first-order chi connectivity index (χ1) is 4.83. The van der Waals surface area contributed by atoms with E-state index >= 15 is 0 Å². The maximum atomic E-state index is 5.49. The van der Waals surface area contributed by atoms with Gasteiger partial charge in [0.05, 0.1) is 0 Å². The van der Waals surface area contributed by atoms with Crippen molar-refractivity contribution in [2.24, 2.45) is 29.4 Å². The Morgan fingerprint density at radius 2 is 2.00 bits per heavy atom. The average Bonchev–Trinajstić information content (AvgIpc) is 2.70. The molecule has 4 atom stereocenters. The number of hydrogen-bond acceptors (Lipinski definition) is 1. The first-order valence-corrected chi connectivity index (χ1v) is 4.53. The zero-order chi connectivity index (χ0) is 7.14. The van der Waals surface area contributed by atoms with Gasteiger partial charge in [0.15, 0.2) is 0 Å². The lowest BCUT2D eigenvalue weighted by atomic mass is 10.1. The average molecular weight is 139 g/mol. The van der Waals surface area contributed by atoms with Crippen LogP contribution in [-0.2, 0) is 0 Å². The van der Waals surface area contributed by atoms with E-state index in [0.29, 0.717) is 0 Å². The van der Waals surface area contributed by atoms with Gasteiger partial charge in [-0.2, -0.15) is 0 Å². The molecule has 0 radical (unpaired) electrons. The minimum atomic E-state index is 0.905. The Kier molecular flexibility index (Phi) is 1.48. The fraction of sp³-hybridized carbons (Fsp3) is 1.00. The minimum Gasteiger partial charge on any atom is -0.330 e. The van der Waals surface area contributed by atoms with E-state index in [1.54, 1.807) is 0 Å². The third-order valence-corrected chi connectivity index (χ3v) is 3.24. The predicted molar refractivity (Wildman–Crippen MR) is 42.5 cm³/mol. The fourth-order valence-electron chi connectivity index (χ4n) is 2.29. The van der Waals surface area contributed by atoms with Crippen LogP contribution >= 0.6 is 0 Å². The summed E-state index contributed by atoms with van der Waals surface area (Å²) in [6.07, 6.45) is 4.28. The van der Waals surface area contributed by atoms with Gasteiger partial charge in [-0.3, -0.25) is 0 Å². The van der Waals surface area contributed by atoms with Crippen LogP contribution in [0.25, 0.3) is 0 Å². The molecular weight excluding hydrogens is 122 g/mol. The van der Waals surface area contributed by atoms with Crippen molar-refractivity contribution in [3.8, 4) is 0 Å². The quantitative estimate of drug-likeness (QED) is 0.632. The van der Waals surface area contributed by atoms with Gasteiger partial charge in [-0.1, -0.05) is 6.92 Å². The first-order valence-electron chi connectivity index (χ1n) is 4.53. The Labute approximate surface area is 63.0 Å². The molecule has 0 bridgehead atoms. The Bertz CT molecular complexity index is 133. The summed E-state index contributed by atoms with van der Waals surface area (Å²) in [5.74, 6) is 4.28. The van der Waals surface area contributed by atoms with Gasteiger partial charge in [-0.15, -0.1) is 0 Å². The predicted octanol–water partition coefficient (Wildman–Crippen LogP) is 1.63. The van der Waals surface area contributed by atoms with Crippen LogP contribution in [0, 0.1) is 23.7 Å². The van der Waals surface area contributed by atoms with Gasteiger partial charge >= 0.3 is 0 Å². The number of nitrogens with two attached hydrogens (primary N) is 1. The fourth-order valence-corrected chi connectivity index (χ4v) is 2.29. The summed E-state index contributed by atoms with van der Waals surface area (Å²) in [5, 5.41) is 0. The molecule has 2 aliphatic carbocycles. The van der Waals surface area contributed by atoms with Gasteiger partial charge in [-0.05, 0) is 49.5 Å². The van der Waals surface area contributed by atoms with Crippen LogP contribution in [0.3, 0.4) is 0 Å². The molecule has 2 fully saturated rings. The van der Waals surface area contributed by atoms with E-state index in [2.05, 4.69) is 6.92 Å². The highest BCUT2D eigenvalue weighted by atomic mass is 14.6. The summed E-state index contributed by atoms with van der Waals surface area (Å²) in [7, 11) is 0. The maximum absolute atomic E-state index is 5.49. The molecule has 0 aliphatic heterocycles. The Balaban J connectivity index is 1.70. The Morgan fingerprint density at radius 3 is 2.50 bits per heavy atom. The van der Waals surface area contributed by atoms with Crippen molar-refractivity contribution < 1.29 is 0 Å². The molecule has 0 aromatic carbocycles. The molecule has 2 rings (SSSR count).